The number of nitrogens with zero attached hydrogens (tertiary/aromatic N) is 3. The Kier molecular flexibility index (Phi) is 4.80. The Morgan fingerprint density at radius 3 is 2.74 bits per heavy atom. The molecule has 1 atom stereocenters. The zero-order valence-electron chi connectivity index (χ0n) is 10.9. The van der Waals surface area contributed by atoms with E-state index in [1.807, 2.05) is 17.8 Å². The van der Waals surface area contributed by atoms with E-state index in [1.54, 1.807) is 18.5 Å². The van der Waals surface area contributed by atoms with Gasteiger partial charge in [-0.3, -0.25) is 4.98 Å². The highest BCUT2D eigenvalue weighted by molar-refractivity contribution is 6.34. The molecule has 0 aliphatic heterocycles. The van der Waals surface area contributed by atoms with E-state index < -0.39 is 0 Å². The minimum atomic E-state index is -0.135. The fourth-order valence-corrected chi connectivity index (χ4v) is 2.38. The number of nitrogens with one attached hydrogen (secondary N) is 1. The highest BCUT2D eigenvalue weighted by Gasteiger charge is 2.21. The van der Waals surface area contributed by atoms with Crippen LogP contribution in [0.4, 0.5) is 0 Å². The highest BCUT2D eigenvalue weighted by atomic mass is 35.5. The maximum atomic E-state index is 6.25. The van der Waals surface area contributed by atoms with Crippen LogP contribution in [0, 0.1) is 0 Å². The quantitative estimate of drug-likeness (QED) is 0.922. The molecule has 0 aliphatic carbocycles. The van der Waals surface area contributed by atoms with E-state index in [4.69, 9.17) is 23.2 Å². The van der Waals surface area contributed by atoms with Gasteiger partial charge in [0.2, 0.25) is 0 Å². The fourth-order valence-electron chi connectivity index (χ4n) is 1.89. The molecular weight excluding hydrogens is 283 g/mol. The maximum Gasteiger partial charge on any atom is 0.131 e. The molecule has 0 saturated heterocycles. The molecule has 0 radical (unpaired) electrons. The molecule has 0 fully saturated rings. The van der Waals surface area contributed by atoms with Gasteiger partial charge < -0.3 is 9.88 Å². The van der Waals surface area contributed by atoms with Gasteiger partial charge in [0.1, 0.15) is 11.9 Å². The average molecular weight is 299 g/mol. The third-order valence-corrected chi connectivity index (χ3v) is 3.33. The first-order chi connectivity index (χ1) is 9.13. The molecule has 6 heteroatoms. The lowest BCUT2D eigenvalue weighted by molar-refractivity contribution is 0.545. The first-order valence-electron chi connectivity index (χ1n) is 6.15. The molecule has 1 unspecified atom stereocenters. The van der Waals surface area contributed by atoms with E-state index >= 15 is 0 Å². The van der Waals surface area contributed by atoms with E-state index in [0.717, 1.165) is 24.5 Å². The number of hydrogen-bond donors (Lipinski definition) is 1. The van der Waals surface area contributed by atoms with Gasteiger partial charge in [-0.1, -0.05) is 30.1 Å². The van der Waals surface area contributed by atoms with Crippen LogP contribution in [0.25, 0.3) is 0 Å². The molecule has 0 aromatic carbocycles. The molecule has 2 rings (SSSR count). The van der Waals surface area contributed by atoms with Gasteiger partial charge in [0.15, 0.2) is 0 Å². The summed E-state index contributed by atoms with van der Waals surface area (Å²) in [5.74, 6) is 0.880. The second-order valence-corrected chi connectivity index (χ2v) is 5.15. The van der Waals surface area contributed by atoms with Crippen LogP contribution in [0.2, 0.25) is 10.0 Å². The van der Waals surface area contributed by atoms with Crippen LogP contribution in [0.5, 0.6) is 0 Å². The van der Waals surface area contributed by atoms with Crippen LogP contribution in [0.3, 0.4) is 0 Å². The third-order valence-electron chi connectivity index (χ3n) is 2.82. The van der Waals surface area contributed by atoms with E-state index in [9.17, 15) is 0 Å². The van der Waals surface area contributed by atoms with E-state index in [1.165, 1.54) is 0 Å². The van der Waals surface area contributed by atoms with Crippen molar-refractivity contribution in [2.24, 2.45) is 7.05 Å². The zero-order chi connectivity index (χ0) is 13.8. The number of hydrogen-bond acceptors (Lipinski definition) is 3. The molecular formula is C13H16Cl2N4. The predicted octanol–water partition coefficient (Wildman–Crippen LogP) is 3.21. The number of imidazole rings is 1. The number of aromatic nitrogens is 3. The Morgan fingerprint density at radius 1 is 1.37 bits per heavy atom. The summed E-state index contributed by atoms with van der Waals surface area (Å²) in [6, 6.07) is 1.57. The molecule has 0 saturated carbocycles. The number of halogens is 2. The normalized spacial score (nSPS) is 12.6. The van der Waals surface area contributed by atoms with Crippen molar-refractivity contribution in [3.8, 4) is 0 Å². The molecule has 19 heavy (non-hydrogen) atoms. The summed E-state index contributed by atoms with van der Waals surface area (Å²) < 4.78 is 1.96. The summed E-state index contributed by atoms with van der Waals surface area (Å²) in [6.45, 7) is 2.97. The molecule has 0 spiro atoms. The number of aryl methyl sites for hydroxylation is 1. The summed E-state index contributed by atoms with van der Waals surface area (Å²) in [4.78, 5) is 8.73. The minimum Gasteiger partial charge on any atom is -0.336 e. The van der Waals surface area contributed by atoms with Gasteiger partial charge in [0, 0.05) is 25.6 Å². The first kappa shape index (κ1) is 14.3. The average Bonchev–Trinajstić information content (AvgIpc) is 2.78. The largest absolute Gasteiger partial charge is 0.336 e. The van der Waals surface area contributed by atoms with Crippen molar-refractivity contribution in [3.63, 3.8) is 0 Å². The molecule has 102 valence electrons. The molecule has 1 N–H and O–H groups in total. The topological polar surface area (TPSA) is 42.7 Å². The Bertz CT molecular complexity index is 553. The second-order valence-electron chi connectivity index (χ2n) is 4.30. The van der Waals surface area contributed by atoms with Crippen LogP contribution >= 0.6 is 23.2 Å². The monoisotopic (exact) mass is 298 g/mol. The zero-order valence-corrected chi connectivity index (χ0v) is 12.4. The minimum absolute atomic E-state index is 0.135. The lowest BCUT2D eigenvalue weighted by Gasteiger charge is -2.19. The maximum absolute atomic E-state index is 6.25. The third kappa shape index (κ3) is 3.26. The Balaban J connectivity index is 2.40. The summed E-state index contributed by atoms with van der Waals surface area (Å²) in [6.07, 6.45) is 6.29. The van der Waals surface area contributed by atoms with Crippen molar-refractivity contribution in [2.45, 2.75) is 19.4 Å². The molecule has 2 aromatic rings. The summed E-state index contributed by atoms with van der Waals surface area (Å²) in [5.41, 5.74) is 0.744. The molecule has 4 nitrogen and oxygen atoms in total. The Labute approximate surface area is 122 Å². The van der Waals surface area contributed by atoms with Crippen molar-refractivity contribution in [1.82, 2.24) is 19.9 Å². The summed E-state index contributed by atoms with van der Waals surface area (Å²) >= 11 is 12.1. The van der Waals surface area contributed by atoms with Gasteiger partial charge in [-0.15, -0.1) is 0 Å². The summed E-state index contributed by atoms with van der Waals surface area (Å²) in [7, 11) is 1.95. The fraction of sp³-hybridized carbons (Fsp3) is 0.385. The van der Waals surface area contributed by atoms with Crippen molar-refractivity contribution in [2.75, 3.05) is 6.54 Å². The van der Waals surface area contributed by atoms with Crippen molar-refractivity contribution in [3.05, 3.63) is 46.2 Å². The van der Waals surface area contributed by atoms with Crippen LogP contribution in [-0.2, 0) is 7.05 Å². The SMILES string of the molecule is CCCNC(c1ncc(Cl)cc1Cl)c1nccn1C. The molecule has 2 aromatic heterocycles. The smallest absolute Gasteiger partial charge is 0.131 e. The Hall–Kier alpha value is -1.10. The lowest BCUT2D eigenvalue weighted by atomic mass is 10.1. The number of rotatable bonds is 5. The van der Waals surface area contributed by atoms with Gasteiger partial charge in [-0.25, -0.2) is 4.98 Å². The predicted molar refractivity (Wildman–Crippen MR) is 77.6 cm³/mol. The van der Waals surface area contributed by atoms with Gasteiger partial charge in [-0.2, -0.15) is 0 Å². The molecule has 0 amide bonds. The van der Waals surface area contributed by atoms with Crippen LogP contribution < -0.4 is 5.32 Å². The molecule has 2 heterocycles. The lowest BCUT2D eigenvalue weighted by Crippen LogP contribution is -2.26. The van der Waals surface area contributed by atoms with Gasteiger partial charge >= 0.3 is 0 Å². The van der Waals surface area contributed by atoms with Crippen molar-refractivity contribution in [1.29, 1.82) is 0 Å². The first-order valence-corrected chi connectivity index (χ1v) is 6.90. The highest BCUT2D eigenvalue weighted by Crippen LogP contribution is 2.27. The Morgan fingerprint density at radius 2 is 2.16 bits per heavy atom. The van der Waals surface area contributed by atoms with Gasteiger partial charge in [0.25, 0.3) is 0 Å². The van der Waals surface area contributed by atoms with Gasteiger partial charge in [-0.05, 0) is 19.0 Å². The van der Waals surface area contributed by atoms with Crippen molar-refractivity contribution < 1.29 is 0 Å². The van der Waals surface area contributed by atoms with Crippen LogP contribution in [-0.4, -0.2) is 21.1 Å². The van der Waals surface area contributed by atoms with Crippen LogP contribution in [0.15, 0.2) is 24.7 Å². The standard InChI is InChI=1S/C13H16Cl2N4/c1-3-4-16-12(13-17-5-6-19(13)2)11-10(15)7-9(14)8-18-11/h5-8,12,16H,3-4H2,1-2H3. The van der Waals surface area contributed by atoms with Crippen molar-refractivity contribution >= 4 is 23.2 Å². The number of pyridine rings is 1. The second kappa shape index (κ2) is 6.37. The summed E-state index contributed by atoms with van der Waals surface area (Å²) in [5, 5.41) is 4.49. The van der Waals surface area contributed by atoms with Gasteiger partial charge in [0.05, 0.1) is 15.7 Å². The van der Waals surface area contributed by atoms with E-state index in [2.05, 4.69) is 22.2 Å². The van der Waals surface area contributed by atoms with E-state index in [0.29, 0.717) is 10.0 Å². The van der Waals surface area contributed by atoms with E-state index in [-0.39, 0.29) is 6.04 Å². The molecule has 0 aliphatic rings. The van der Waals surface area contributed by atoms with Crippen LogP contribution in [0.1, 0.15) is 30.9 Å². The molecule has 0 bridgehead atoms.